The Hall–Kier alpha value is 0.0600. The van der Waals surface area contributed by atoms with E-state index < -0.39 is 21.8 Å². The molecule has 7 heteroatoms. The largest absolute Gasteiger partial charge is 0.350 e. The average molecular weight is 248 g/mol. The Labute approximate surface area is 86.9 Å². The average Bonchev–Trinajstić information content (AvgIpc) is 2.50. The zero-order valence-electron chi connectivity index (χ0n) is 7.42. The van der Waals surface area contributed by atoms with Crippen molar-refractivity contribution in [3.63, 3.8) is 0 Å². The van der Waals surface area contributed by atoms with E-state index in [1.165, 1.54) is 0 Å². The third kappa shape index (κ3) is 2.77. The molecule has 2 unspecified atom stereocenters. The summed E-state index contributed by atoms with van der Waals surface area (Å²) >= 11 is 5.59. The normalized spacial score (nSPS) is 28.6. The first-order valence-corrected chi connectivity index (χ1v) is 6.40. The van der Waals surface area contributed by atoms with Gasteiger partial charge >= 0.3 is 5.76 Å². The van der Waals surface area contributed by atoms with E-state index in [4.69, 9.17) is 11.6 Å². The van der Waals surface area contributed by atoms with E-state index in [9.17, 15) is 17.2 Å². The van der Waals surface area contributed by atoms with Crippen LogP contribution in [0.5, 0.6) is 0 Å². The molecule has 0 aromatic carbocycles. The van der Waals surface area contributed by atoms with Crippen molar-refractivity contribution in [2.75, 3.05) is 5.88 Å². The van der Waals surface area contributed by atoms with Crippen molar-refractivity contribution in [2.45, 2.75) is 31.1 Å². The molecular formula is C7H12ClF2NO2S. The van der Waals surface area contributed by atoms with Gasteiger partial charge < -0.3 is 0 Å². The Balaban J connectivity index is 2.60. The molecule has 1 fully saturated rings. The second-order valence-corrected chi connectivity index (χ2v) is 5.37. The summed E-state index contributed by atoms with van der Waals surface area (Å²) in [5, 5.41) is 0. The molecule has 1 rings (SSSR count). The van der Waals surface area contributed by atoms with Gasteiger partial charge in [0.25, 0.3) is 10.0 Å². The van der Waals surface area contributed by atoms with Crippen LogP contribution in [0.2, 0.25) is 0 Å². The minimum absolute atomic E-state index is 0.0230. The highest BCUT2D eigenvalue weighted by molar-refractivity contribution is 7.89. The molecule has 0 amide bonds. The minimum Gasteiger partial charge on any atom is -0.207 e. The van der Waals surface area contributed by atoms with Crippen LogP contribution in [0.15, 0.2) is 0 Å². The molecule has 0 heterocycles. The first-order valence-electron chi connectivity index (χ1n) is 4.32. The molecule has 0 aliphatic heterocycles. The predicted molar refractivity (Wildman–Crippen MR) is 49.9 cm³/mol. The van der Waals surface area contributed by atoms with Crippen LogP contribution < -0.4 is 4.72 Å². The summed E-state index contributed by atoms with van der Waals surface area (Å²) in [4.78, 5) is 0. The summed E-state index contributed by atoms with van der Waals surface area (Å²) in [5.41, 5.74) is 0. The monoisotopic (exact) mass is 247 g/mol. The zero-order chi connectivity index (χ0) is 10.8. The van der Waals surface area contributed by atoms with Crippen LogP contribution in [0.25, 0.3) is 0 Å². The fourth-order valence-electron chi connectivity index (χ4n) is 1.64. The predicted octanol–water partition coefficient (Wildman–Crippen LogP) is 1.54. The lowest BCUT2D eigenvalue weighted by atomic mass is 10.1. The lowest BCUT2D eigenvalue weighted by Crippen LogP contribution is -2.40. The molecule has 0 spiro atoms. The van der Waals surface area contributed by atoms with Crippen molar-refractivity contribution in [2.24, 2.45) is 5.92 Å². The third-order valence-corrected chi connectivity index (χ3v) is 3.90. The highest BCUT2D eigenvalue weighted by Crippen LogP contribution is 2.27. The summed E-state index contributed by atoms with van der Waals surface area (Å²) in [6.45, 7) is 0. The molecule has 0 saturated heterocycles. The Kier molecular flexibility index (Phi) is 4.09. The summed E-state index contributed by atoms with van der Waals surface area (Å²) in [7, 11) is -4.47. The maximum Gasteiger partial charge on any atom is 0.350 e. The van der Waals surface area contributed by atoms with Crippen LogP contribution in [0.1, 0.15) is 19.3 Å². The maximum absolute atomic E-state index is 12.0. The van der Waals surface area contributed by atoms with E-state index in [0.717, 1.165) is 12.8 Å². The van der Waals surface area contributed by atoms with E-state index >= 15 is 0 Å². The standard InChI is InChI=1S/C7H12ClF2NO2S/c8-4-5-2-1-3-6(5)11-14(12,13)7(9)10/h5-7,11H,1-4H2. The van der Waals surface area contributed by atoms with E-state index in [0.29, 0.717) is 12.3 Å². The molecule has 84 valence electrons. The number of hydrogen-bond donors (Lipinski definition) is 1. The van der Waals surface area contributed by atoms with Gasteiger partial charge in [-0.1, -0.05) is 6.42 Å². The fraction of sp³-hybridized carbons (Fsp3) is 1.00. The van der Waals surface area contributed by atoms with Gasteiger partial charge in [-0.05, 0) is 18.8 Å². The Bertz CT molecular complexity index is 283. The van der Waals surface area contributed by atoms with E-state index in [1.807, 2.05) is 4.72 Å². The summed E-state index contributed by atoms with van der Waals surface area (Å²) in [6, 6.07) is -0.425. The number of rotatable bonds is 4. The van der Waals surface area contributed by atoms with Gasteiger partial charge in [-0.25, -0.2) is 13.1 Å². The Morgan fingerprint density at radius 1 is 1.43 bits per heavy atom. The van der Waals surface area contributed by atoms with Gasteiger partial charge in [0.05, 0.1) is 0 Å². The maximum atomic E-state index is 12.0. The van der Waals surface area contributed by atoms with Crippen molar-refractivity contribution in [1.82, 2.24) is 4.72 Å². The molecule has 1 N–H and O–H groups in total. The number of hydrogen-bond acceptors (Lipinski definition) is 2. The van der Waals surface area contributed by atoms with Gasteiger partial charge in [-0.3, -0.25) is 0 Å². The van der Waals surface area contributed by atoms with Crippen LogP contribution in [-0.2, 0) is 10.0 Å². The second-order valence-electron chi connectivity index (χ2n) is 3.38. The zero-order valence-corrected chi connectivity index (χ0v) is 8.99. The molecular weight excluding hydrogens is 236 g/mol. The second kappa shape index (κ2) is 4.72. The van der Waals surface area contributed by atoms with Crippen LogP contribution >= 0.6 is 11.6 Å². The summed E-state index contributed by atoms with van der Waals surface area (Å²) in [5.74, 6) is -3.08. The van der Waals surface area contributed by atoms with Crippen LogP contribution in [0.4, 0.5) is 8.78 Å². The first kappa shape index (κ1) is 12.1. The Morgan fingerprint density at radius 2 is 2.07 bits per heavy atom. The lowest BCUT2D eigenvalue weighted by Gasteiger charge is -2.18. The molecule has 0 aromatic rings. The molecule has 14 heavy (non-hydrogen) atoms. The smallest absolute Gasteiger partial charge is 0.207 e. The van der Waals surface area contributed by atoms with Crippen LogP contribution in [0.3, 0.4) is 0 Å². The molecule has 3 nitrogen and oxygen atoms in total. The number of sulfonamides is 1. The molecule has 1 aliphatic rings. The van der Waals surface area contributed by atoms with Gasteiger partial charge in [0.1, 0.15) is 0 Å². The number of alkyl halides is 3. The first-order chi connectivity index (χ1) is 6.47. The summed E-state index contributed by atoms with van der Waals surface area (Å²) in [6.07, 6.45) is 2.21. The van der Waals surface area contributed by atoms with Crippen LogP contribution in [-0.4, -0.2) is 26.1 Å². The molecule has 0 radical (unpaired) electrons. The highest BCUT2D eigenvalue weighted by Gasteiger charge is 2.33. The molecule has 1 saturated carbocycles. The molecule has 0 bridgehead atoms. The van der Waals surface area contributed by atoms with E-state index in [2.05, 4.69) is 0 Å². The topological polar surface area (TPSA) is 46.2 Å². The van der Waals surface area contributed by atoms with E-state index in [-0.39, 0.29) is 5.92 Å². The third-order valence-electron chi connectivity index (χ3n) is 2.41. The van der Waals surface area contributed by atoms with Gasteiger partial charge in [-0.2, -0.15) is 8.78 Å². The van der Waals surface area contributed by atoms with Crippen LogP contribution in [0, 0.1) is 5.92 Å². The molecule has 0 aromatic heterocycles. The fourth-order valence-corrected chi connectivity index (χ4v) is 2.84. The SMILES string of the molecule is O=S(=O)(NC1CCCC1CCl)C(F)F. The van der Waals surface area contributed by atoms with Crippen molar-refractivity contribution < 1.29 is 17.2 Å². The van der Waals surface area contributed by atoms with Crippen molar-refractivity contribution >= 4 is 21.6 Å². The van der Waals surface area contributed by atoms with Crippen molar-refractivity contribution in [3.8, 4) is 0 Å². The van der Waals surface area contributed by atoms with Gasteiger partial charge in [0.15, 0.2) is 0 Å². The Morgan fingerprint density at radius 3 is 2.57 bits per heavy atom. The minimum atomic E-state index is -4.47. The highest BCUT2D eigenvalue weighted by atomic mass is 35.5. The summed E-state index contributed by atoms with van der Waals surface area (Å²) < 4.78 is 47.7. The van der Waals surface area contributed by atoms with Crippen molar-refractivity contribution in [3.05, 3.63) is 0 Å². The number of halogens is 3. The quantitative estimate of drug-likeness (QED) is 0.766. The van der Waals surface area contributed by atoms with Gasteiger partial charge in [0.2, 0.25) is 0 Å². The van der Waals surface area contributed by atoms with E-state index in [1.54, 1.807) is 0 Å². The molecule has 1 aliphatic carbocycles. The molecule has 2 atom stereocenters. The van der Waals surface area contributed by atoms with Gasteiger partial charge in [-0.15, -0.1) is 11.6 Å². The number of nitrogens with one attached hydrogen (secondary N) is 1. The van der Waals surface area contributed by atoms with Crippen molar-refractivity contribution in [1.29, 1.82) is 0 Å². The van der Waals surface area contributed by atoms with Gasteiger partial charge in [0, 0.05) is 11.9 Å². The lowest BCUT2D eigenvalue weighted by molar-refractivity contribution is 0.230.